The molecule has 4 heteroatoms. The van der Waals surface area contributed by atoms with Gasteiger partial charge in [0.05, 0.1) is 12.3 Å². The van der Waals surface area contributed by atoms with Gasteiger partial charge in [0.25, 0.3) is 0 Å². The van der Waals surface area contributed by atoms with Crippen molar-refractivity contribution in [1.29, 1.82) is 0 Å². The van der Waals surface area contributed by atoms with Crippen LogP contribution in [0, 0.1) is 0 Å². The quantitative estimate of drug-likeness (QED) is 0.785. The molecule has 1 aliphatic heterocycles. The van der Waals surface area contributed by atoms with Gasteiger partial charge in [-0.25, -0.2) is 0 Å². The molecule has 108 valence electrons. The maximum Gasteiger partial charge on any atom is 0.0576 e. The Bertz CT molecular complexity index is 358. The van der Waals surface area contributed by atoms with Crippen molar-refractivity contribution in [2.75, 3.05) is 13.2 Å². The van der Waals surface area contributed by atoms with E-state index < -0.39 is 0 Å². The molecular formula is C15H27N3O. The summed E-state index contributed by atoms with van der Waals surface area (Å²) >= 11 is 0. The van der Waals surface area contributed by atoms with Gasteiger partial charge in [-0.1, -0.05) is 13.8 Å². The molecule has 0 aromatic carbocycles. The van der Waals surface area contributed by atoms with Crippen LogP contribution in [0.5, 0.6) is 0 Å². The fourth-order valence-corrected chi connectivity index (χ4v) is 2.78. The minimum atomic E-state index is 0.442. The van der Waals surface area contributed by atoms with E-state index in [0.29, 0.717) is 12.1 Å². The zero-order valence-electron chi connectivity index (χ0n) is 12.3. The zero-order chi connectivity index (χ0) is 13.5. The van der Waals surface area contributed by atoms with Crippen LogP contribution in [0.4, 0.5) is 0 Å². The van der Waals surface area contributed by atoms with E-state index in [1.54, 1.807) is 0 Å². The van der Waals surface area contributed by atoms with Crippen molar-refractivity contribution in [3.8, 4) is 0 Å². The highest BCUT2D eigenvalue weighted by Gasteiger charge is 2.15. The Morgan fingerprint density at radius 3 is 3.11 bits per heavy atom. The second kappa shape index (κ2) is 7.65. The number of hydrogen-bond acceptors (Lipinski definition) is 3. The smallest absolute Gasteiger partial charge is 0.0576 e. The molecule has 0 bridgehead atoms. The summed E-state index contributed by atoms with van der Waals surface area (Å²) in [4.78, 5) is 0. The van der Waals surface area contributed by atoms with Gasteiger partial charge in [-0.3, -0.25) is 4.68 Å². The maximum atomic E-state index is 5.64. The first-order chi connectivity index (χ1) is 9.33. The van der Waals surface area contributed by atoms with Crippen LogP contribution in [0.1, 0.15) is 57.6 Å². The number of nitrogens with one attached hydrogen (secondary N) is 1. The SMILES string of the molecule is CCNC(CC)c1cnn(CCCC2CCCO2)c1. The van der Waals surface area contributed by atoms with Gasteiger partial charge in [0.1, 0.15) is 0 Å². The molecule has 0 amide bonds. The molecule has 1 aromatic heterocycles. The molecule has 0 spiro atoms. The Balaban J connectivity index is 1.76. The molecule has 0 aliphatic carbocycles. The van der Waals surface area contributed by atoms with Crippen molar-refractivity contribution in [2.45, 2.75) is 64.6 Å². The number of rotatable bonds is 8. The molecular weight excluding hydrogens is 238 g/mol. The van der Waals surface area contributed by atoms with Gasteiger partial charge < -0.3 is 10.1 Å². The Labute approximate surface area is 116 Å². The van der Waals surface area contributed by atoms with Crippen LogP contribution in [-0.4, -0.2) is 29.0 Å². The van der Waals surface area contributed by atoms with E-state index in [2.05, 4.69) is 35.1 Å². The highest BCUT2D eigenvalue weighted by Crippen LogP contribution is 2.18. The highest BCUT2D eigenvalue weighted by atomic mass is 16.5. The molecule has 1 saturated heterocycles. The summed E-state index contributed by atoms with van der Waals surface area (Å²) in [5, 5.41) is 7.96. The number of nitrogens with zero attached hydrogens (tertiary/aromatic N) is 2. The maximum absolute atomic E-state index is 5.64. The van der Waals surface area contributed by atoms with Gasteiger partial charge in [0.2, 0.25) is 0 Å². The molecule has 1 N–H and O–H groups in total. The average molecular weight is 265 g/mol. The van der Waals surface area contributed by atoms with Crippen molar-refractivity contribution < 1.29 is 4.74 Å². The summed E-state index contributed by atoms with van der Waals surface area (Å²) in [5.74, 6) is 0. The molecule has 1 aromatic rings. The molecule has 2 unspecified atom stereocenters. The van der Waals surface area contributed by atoms with E-state index in [-0.39, 0.29) is 0 Å². The first kappa shape index (κ1) is 14.5. The van der Waals surface area contributed by atoms with Crippen LogP contribution in [-0.2, 0) is 11.3 Å². The monoisotopic (exact) mass is 265 g/mol. The summed E-state index contributed by atoms with van der Waals surface area (Å²) < 4.78 is 7.72. The van der Waals surface area contributed by atoms with E-state index in [1.165, 1.54) is 24.8 Å². The van der Waals surface area contributed by atoms with Gasteiger partial charge in [0, 0.05) is 31.0 Å². The molecule has 19 heavy (non-hydrogen) atoms. The van der Waals surface area contributed by atoms with E-state index in [9.17, 15) is 0 Å². The zero-order valence-corrected chi connectivity index (χ0v) is 12.3. The number of hydrogen-bond donors (Lipinski definition) is 1. The van der Waals surface area contributed by atoms with Crippen LogP contribution >= 0.6 is 0 Å². The molecule has 2 rings (SSSR count). The Morgan fingerprint density at radius 2 is 2.42 bits per heavy atom. The highest BCUT2D eigenvalue weighted by molar-refractivity contribution is 5.10. The average Bonchev–Trinajstić information content (AvgIpc) is 3.07. The Hall–Kier alpha value is -0.870. The second-order valence-electron chi connectivity index (χ2n) is 5.33. The topological polar surface area (TPSA) is 39.1 Å². The normalized spacial score (nSPS) is 20.8. The molecule has 0 radical (unpaired) electrons. The van der Waals surface area contributed by atoms with Gasteiger partial charge >= 0.3 is 0 Å². The first-order valence-electron chi connectivity index (χ1n) is 7.70. The molecule has 2 heterocycles. The van der Waals surface area contributed by atoms with E-state index in [4.69, 9.17) is 4.74 Å². The molecule has 4 nitrogen and oxygen atoms in total. The van der Waals surface area contributed by atoms with Crippen molar-refractivity contribution in [3.63, 3.8) is 0 Å². The predicted octanol–water partition coefficient (Wildman–Crippen LogP) is 2.90. The summed E-state index contributed by atoms with van der Waals surface area (Å²) in [7, 11) is 0. The lowest BCUT2D eigenvalue weighted by Crippen LogP contribution is -2.19. The van der Waals surface area contributed by atoms with Crippen molar-refractivity contribution in [1.82, 2.24) is 15.1 Å². The Morgan fingerprint density at radius 1 is 1.53 bits per heavy atom. The summed E-state index contributed by atoms with van der Waals surface area (Å²) in [5.41, 5.74) is 1.31. The van der Waals surface area contributed by atoms with Crippen molar-refractivity contribution in [2.24, 2.45) is 0 Å². The lowest BCUT2D eigenvalue weighted by molar-refractivity contribution is 0.101. The summed E-state index contributed by atoms with van der Waals surface area (Å²) in [6.45, 7) is 7.32. The second-order valence-corrected chi connectivity index (χ2v) is 5.33. The van der Waals surface area contributed by atoms with Crippen LogP contribution in [0.2, 0.25) is 0 Å². The first-order valence-corrected chi connectivity index (χ1v) is 7.70. The standard InChI is InChI=1S/C15H27N3O/c1-3-15(16-4-2)13-11-17-18(12-13)9-5-7-14-8-6-10-19-14/h11-12,14-16H,3-10H2,1-2H3. The van der Waals surface area contributed by atoms with Gasteiger partial charge in [-0.2, -0.15) is 5.10 Å². The van der Waals surface area contributed by atoms with Crippen LogP contribution in [0.15, 0.2) is 12.4 Å². The summed E-state index contributed by atoms with van der Waals surface area (Å²) in [6, 6.07) is 0.442. The minimum absolute atomic E-state index is 0.442. The fraction of sp³-hybridized carbons (Fsp3) is 0.800. The van der Waals surface area contributed by atoms with Crippen molar-refractivity contribution in [3.05, 3.63) is 18.0 Å². The third-order valence-corrected chi connectivity index (χ3v) is 3.85. The molecule has 1 fully saturated rings. The number of aromatic nitrogens is 2. The van der Waals surface area contributed by atoms with Gasteiger partial charge in [-0.15, -0.1) is 0 Å². The van der Waals surface area contributed by atoms with Crippen LogP contribution in [0.3, 0.4) is 0 Å². The lowest BCUT2D eigenvalue weighted by Gasteiger charge is -2.13. The van der Waals surface area contributed by atoms with Crippen molar-refractivity contribution >= 4 is 0 Å². The van der Waals surface area contributed by atoms with Gasteiger partial charge in [-0.05, 0) is 38.6 Å². The van der Waals surface area contributed by atoms with E-state index in [1.807, 2.05) is 6.20 Å². The number of ether oxygens (including phenoxy) is 1. The largest absolute Gasteiger partial charge is 0.378 e. The van der Waals surface area contributed by atoms with Crippen LogP contribution < -0.4 is 5.32 Å². The van der Waals surface area contributed by atoms with E-state index >= 15 is 0 Å². The molecule has 0 saturated carbocycles. The predicted molar refractivity (Wildman–Crippen MR) is 77.1 cm³/mol. The molecule has 2 atom stereocenters. The minimum Gasteiger partial charge on any atom is -0.378 e. The Kier molecular flexibility index (Phi) is 5.86. The third kappa shape index (κ3) is 4.32. The summed E-state index contributed by atoms with van der Waals surface area (Å²) in [6.07, 6.45) is 10.6. The lowest BCUT2D eigenvalue weighted by atomic mass is 10.1. The molecule has 1 aliphatic rings. The van der Waals surface area contributed by atoms with Crippen LogP contribution in [0.25, 0.3) is 0 Å². The fourth-order valence-electron chi connectivity index (χ4n) is 2.78. The third-order valence-electron chi connectivity index (χ3n) is 3.85. The van der Waals surface area contributed by atoms with Gasteiger partial charge in [0.15, 0.2) is 0 Å². The van der Waals surface area contributed by atoms with E-state index in [0.717, 1.165) is 32.5 Å². The number of aryl methyl sites for hydroxylation is 1.